The van der Waals surface area contributed by atoms with Gasteiger partial charge in [-0.3, -0.25) is 14.4 Å². The molecule has 2 N–H and O–H groups in total. The van der Waals surface area contributed by atoms with E-state index in [9.17, 15) is 14.4 Å². The van der Waals surface area contributed by atoms with Gasteiger partial charge in [0.25, 0.3) is 17.0 Å². The van der Waals surface area contributed by atoms with E-state index in [2.05, 4.69) is 10.3 Å². The number of carbonyl (C=O) groups is 1. The number of aromatic nitrogens is 2. The smallest absolute Gasteiger partial charge is 0.274 e. The fourth-order valence-electron chi connectivity index (χ4n) is 4.01. The van der Waals surface area contributed by atoms with Crippen molar-refractivity contribution in [3.05, 3.63) is 126 Å². The summed E-state index contributed by atoms with van der Waals surface area (Å²) in [6.07, 6.45) is 3.89. The number of amides is 1. The summed E-state index contributed by atoms with van der Waals surface area (Å²) >= 11 is 0. The molecule has 0 unspecified atom stereocenters. The number of hydrogen-bond acceptors (Lipinski definition) is 5. The van der Waals surface area contributed by atoms with Crippen LogP contribution in [0.5, 0.6) is 11.5 Å². The third-order valence-electron chi connectivity index (χ3n) is 6.11. The summed E-state index contributed by atoms with van der Waals surface area (Å²) in [6.45, 7) is 0.450. The molecule has 8 heteroatoms. The number of H-pyrrole nitrogens is 1. The van der Waals surface area contributed by atoms with Crippen molar-refractivity contribution in [2.24, 2.45) is 7.05 Å². The summed E-state index contributed by atoms with van der Waals surface area (Å²) in [6, 6.07) is 21.8. The van der Waals surface area contributed by atoms with Crippen LogP contribution in [0.4, 0.5) is 0 Å². The van der Waals surface area contributed by atoms with Gasteiger partial charge in [0.1, 0.15) is 10.7 Å². The van der Waals surface area contributed by atoms with Gasteiger partial charge in [0.05, 0.1) is 14.2 Å². The summed E-state index contributed by atoms with van der Waals surface area (Å²) in [7, 11) is 4.74. The summed E-state index contributed by atoms with van der Waals surface area (Å²) in [5, 5.41) is 3.33. The van der Waals surface area contributed by atoms with Crippen molar-refractivity contribution in [2.45, 2.75) is 6.42 Å². The molecule has 1 aromatic heterocycles. The van der Waals surface area contributed by atoms with Crippen LogP contribution in [-0.4, -0.2) is 36.2 Å². The SMILES string of the molecule is COc1ccc(CCNC(=O)c2ccc(C=c3[nH]c(=O)c(=Cc4ccccc4)n(C)c3=O)cc2)cc1OC. The molecule has 8 nitrogen and oxygen atoms in total. The van der Waals surface area contributed by atoms with E-state index in [0.717, 1.165) is 11.1 Å². The summed E-state index contributed by atoms with van der Waals surface area (Å²) in [5.74, 6) is 1.09. The lowest BCUT2D eigenvalue weighted by atomic mass is 10.1. The summed E-state index contributed by atoms with van der Waals surface area (Å²) in [4.78, 5) is 40.8. The number of carbonyl (C=O) groups excluding carboxylic acids is 1. The van der Waals surface area contributed by atoms with Crippen LogP contribution in [0.25, 0.3) is 12.2 Å². The van der Waals surface area contributed by atoms with Crippen LogP contribution in [0.15, 0.2) is 82.4 Å². The number of benzene rings is 3. The van der Waals surface area contributed by atoms with E-state index in [1.807, 2.05) is 48.5 Å². The first-order valence-corrected chi connectivity index (χ1v) is 12.1. The van der Waals surface area contributed by atoms with Crippen LogP contribution in [-0.2, 0) is 13.5 Å². The highest BCUT2D eigenvalue weighted by Gasteiger charge is 2.08. The minimum absolute atomic E-state index is 0.162. The number of rotatable bonds is 8. The average molecular weight is 512 g/mol. The molecular formula is C30H29N3O5. The van der Waals surface area contributed by atoms with Crippen molar-refractivity contribution in [3.8, 4) is 11.5 Å². The maximum atomic E-state index is 12.9. The van der Waals surface area contributed by atoms with Gasteiger partial charge in [-0.15, -0.1) is 0 Å². The first-order valence-electron chi connectivity index (χ1n) is 12.1. The van der Waals surface area contributed by atoms with Crippen molar-refractivity contribution in [1.29, 1.82) is 0 Å². The van der Waals surface area contributed by atoms with Crippen molar-refractivity contribution >= 4 is 18.1 Å². The Morgan fingerprint density at radius 1 is 0.895 bits per heavy atom. The number of nitrogens with one attached hydrogen (secondary N) is 2. The molecule has 0 fully saturated rings. The Labute approximate surface area is 219 Å². The molecule has 0 saturated carbocycles. The molecule has 0 radical (unpaired) electrons. The minimum Gasteiger partial charge on any atom is -0.493 e. The van der Waals surface area contributed by atoms with Crippen LogP contribution >= 0.6 is 0 Å². The van der Waals surface area contributed by atoms with Gasteiger partial charge in [0.15, 0.2) is 11.5 Å². The second kappa shape index (κ2) is 11.9. The highest BCUT2D eigenvalue weighted by molar-refractivity contribution is 5.94. The summed E-state index contributed by atoms with van der Waals surface area (Å²) in [5.41, 5.74) is 2.30. The number of nitrogens with zero attached hydrogens (tertiary/aromatic N) is 1. The number of methoxy groups -OCH3 is 2. The van der Waals surface area contributed by atoms with Crippen LogP contribution in [0.3, 0.4) is 0 Å². The van der Waals surface area contributed by atoms with Gasteiger partial charge in [-0.05, 0) is 59.5 Å². The fourth-order valence-corrected chi connectivity index (χ4v) is 4.01. The van der Waals surface area contributed by atoms with Gasteiger partial charge in [-0.2, -0.15) is 0 Å². The van der Waals surface area contributed by atoms with E-state index >= 15 is 0 Å². The van der Waals surface area contributed by atoms with E-state index in [1.165, 1.54) is 4.57 Å². The highest BCUT2D eigenvalue weighted by atomic mass is 16.5. The van der Waals surface area contributed by atoms with E-state index in [-0.39, 0.29) is 27.7 Å². The zero-order valence-electron chi connectivity index (χ0n) is 21.5. The van der Waals surface area contributed by atoms with Gasteiger partial charge >= 0.3 is 0 Å². The highest BCUT2D eigenvalue weighted by Crippen LogP contribution is 2.27. The van der Waals surface area contributed by atoms with E-state index in [1.54, 1.807) is 57.7 Å². The van der Waals surface area contributed by atoms with Gasteiger partial charge < -0.3 is 24.3 Å². The predicted octanol–water partition coefficient (Wildman–Crippen LogP) is 1.72. The third kappa shape index (κ3) is 6.10. The number of ether oxygens (including phenoxy) is 2. The van der Waals surface area contributed by atoms with Crippen molar-refractivity contribution in [2.75, 3.05) is 20.8 Å². The van der Waals surface area contributed by atoms with Gasteiger partial charge in [-0.25, -0.2) is 0 Å². The molecule has 0 saturated heterocycles. The zero-order chi connectivity index (χ0) is 27.1. The second-order valence-corrected chi connectivity index (χ2v) is 8.63. The monoisotopic (exact) mass is 511 g/mol. The molecule has 4 rings (SSSR count). The Bertz CT molecular complexity index is 1670. The van der Waals surface area contributed by atoms with E-state index in [0.29, 0.717) is 35.6 Å². The molecule has 1 amide bonds. The number of aromatic amines is 1. The Kier molecular flexibility index (Phi) is 8.23. The Morgan fingerprint density at radius 2 is 1.58 bits per heavy atom. The molecular weight excluding hydrogens is 482 g/mol. The molecule has 3 aromatic carbocycles. The lowest BCUT2D eigenvalue weighted by Crippen LogP contribution is -2.52. The average Bonchev–Trinajstić information content (AvgIpc) is 2.94. The molecule has 0 bridgehead atoms. The van der Waals surface area contributed by atoms with Crippen molar-refractivity contribution in [1.82, 2.24) is 14.9 Å². The van der Waals surface area contributed by atoms with Crippen LogP contribution in [0.1, 0.15) is 27.0 Å². The predicted molar refractivity (Wildman–Crippen MR) is 147 cm³/mol. The fraction of sp³-hybridized carbons (Fsp3) is 0.167. The Morgan fingerprint density at radius 3 is 2.26 bits per heavy atom. The second-order valence-electron chi connectivity index (χ2n) is 8.63. The topological polar surface area (TPSA) is 102 Å². The first-order chi connectivity index (χ1) is 18.4. The zero-order valence-corrected chi connectivity index (χ0v) is 21.5. The minimum atomic E-state index is -0.368. The van der Waals surface area contributed by atoms with Crippen molar-refractivity contribution in [3.63, 3.8) is 0 Å². The quantitative estimate of drug-likeness (QED) is 0.375. The van der Waals surface area contributed by atoms with Gasteiger partial charge in [-0.1, -0.05) is 48.5 Å². The molecule has 38 heavy (non-hydrogen) atoms. The molecule has 0 aliphatic rings. The number of hydrogen-bond donors (Lipinski definition) is 2. The molecule has 1 heterocycles. The molecule has 0 aliphatic carbocycles. The molecule has 0 spiro atoms. The molecule has 0 aliphatic heterocycles. The summed E-state index contributed by atoms with van der Waals surface area (Å²) < 4.78 is 11.9. The lowest BCUT2D eigenvalue weighted by molar-refractivity contribution is 0.0954. The van der Waals surface area contributed by atoms with Crippen LogP contribution in [0, 0.1) is 0 Å². The largest absolute Gasteiger partial charge is 0.493 e. The standard InChI is InChI=1S/C30H29N3O5/c1-33-25(18-20-7-5-4-6-8-20)29(35)32-24(30(33)36)17-21-9-12-23(13-10-21)28(34)31-16-15-22-11-14-26(37-2)27(19-22)38-3/h4-14,17-19H,15-16H2,1-3H3,(H,31,34)(H,32,35). The maximum Gasteiger partial charge on any atom is 0.274 e. The molecule has 194 valence electrons. The Balaban J connectivity index is 1.46. The van der Waals surface area contributed by atoms with Gasteiger partial charge in [0, 0.05) is 19.2 Å². The molecule has 4 aromatic rings. The van der Waals surface area contributed by atoms with Crippen LogP contribution < -0.4 is 36.6 Å². The van der Waals surface area contributed by atoms with E-state index < -0.39 is 0 Å². The van der Waals surface area contributed by atoms with Crippen LogP contribution in [0.2, 0.25) is 0 Å². The third-order valence-corrected chi connectivity index (χ3v) is 6.11. The molecule has 0 atom stereocenters. The van der Waals surface area contributed by atoms with Crippen molar-refractivity contribution < 1.29 is 14.3 Å². The normalized spacial score (nSPS) is 11.9. The van der Waals surface area contributed by atoms with Gasteiger partial charge in [0.2, 0.25) is 0 Å². The Hall–Kier alpha value is -4.85. The first kappa shape index (κ1) is 26.2. The lowest BCUT2D eigenvalue weighted by Gasteiger charge is -2.10. The maximum absolute atomic E-state index is 12.9. The van der Waals surface area contributed by atoms with E-state index in [4.69, 9.17) is 9.47 Å².